The molecule has 0 aromatic carbocycles. The van der Waals surface area contributed by atoms with Crippen LogP contribution in [-0.2, 0) is 4.79 Å². The minimum Gasteiger partial charge on any atom is -0.356 e. The van der Waals surface area contributed by atoms with Gasteiger partial charge < -0.3 is 10.6 Å². The Bertz CT molecular complexity index is 268. The number of unbranched alkanes of at least 4 members (excludes halogenated alkanes) is 7. The zero-order valence-electron chi connectivity index (χ0n) is 14.3. The zero-order chi connectivity index (χ0) is 15.3. The third-order valence-electron chi connectivity index (χ3n) is 4.69. The quantitative estimate of drug-likeness (QED) is 0.565. The van der Waals surface area contributed by atoms with Crippen LogP contribution in [0.15, 0.2) is 0 Å². The predicted octanol–water partition coefficient (Wildman–Crippen LogP) is 4.02. The molecule has 0 bridgehead atoms. The molecule has 2 unspecified atom stereocenters. The minimum absolute atomic E-state index is 0.226. The first-order valence-electron chi connectivity index (χ1n) is 9.24. The maximum Gasteiger partial charge on any atom is 0.221 e. The highest BCUT2D eigenvalue weighted by Gasteiger charge is 2.22. The Morgan fingerprint density at radius 3 is 2.43 bits per heavy atom. The lowest BCUT2D eigenvalue weighted by molar-refractivity contribution is -0.122. The van der Waals surface area contributed by atoms with Crippen molar-refractivity contribution in [2.24, 2.45) is 5.92 Å². The highest BCUT2D eigenvalue weighted by atomic mass is 16.1. The van der Waals surface area contributed by atoms with Crippen LogP contribution in [0.3, 0.4) is 0 Å². The second-order valence-corrected chi connectivity index (χ2v) is 6.71. The van der Waals surface area contributed by atoms with Crippen LogP contribution in [-0.4, -0.2) is 25.0 Å². The Hall–Kier alpha value is -0.570. The predicted molar refractivity (Wildman–Crippen MR) is 90.4 cm³/mol. The summed E-state index contributed by atoms with van der Waals surface area (Å²) in [5, 5.41) is 6.56. The van der Waals surface area contributed by atoms with Crippen molar-refractivity contribution in [3.8, 4) is 0 Å². The first-order chi connectivity index (χ1) is 10.2. The Labute approximate surface area is 131 Å². The van der Waals surface area contributed by atoms with Gasteiger partial charge in [-0.15, -0.1) is 0 Å². The van der Waals surface area contributed by atoms with Gasteiger partial charge in [0.05, 0.1) is 0 Å². The summed E-state index contributed by atoms with van der Waals surface area (Å²) >= 11 is 0. The molecule has 3 nitrogen and oxygen atoms in total. The Balaban J connectivity index is 1.91. The highest BCUT2D eigenvalue weighted by Crippen LogP contribution is 2.17. The van der Waals surface area contributed by atoms with Crippen LogP contribution < -0.4 is 10.6 Å². The molecule has 1 rings (SSSR count). The molecule has 2 N–H and O–H groups in total. The second-order valence-electron chi connectivity index (χ2n) is 6.71. The van der Waals surface area contributed by atoms with E-state index in [1.54, 1.807) is 0 Å². The average molecular weight is 296 g/mol. The van der Waals surface area contributed by atoms with E-state index in [2.05, 4.69) is 24.5 Å². The van der Waals surface area contributed by atoms with Gasteiger partial charge in [-0.05, 0) is 31.7 Å². The first-order valence-corrected chi connectivity index (χ1v) is 9.24. The summed E-state index contributed by atoms with van der Waals surface area (Å²) in [4.78, 5) is 11.9. The van der Waals surface area contributed by atoms with Gasteiger partial charge in [-0.25, -0.2) is 0 Å². The van der Waals surface area contributed by atoms with Gasteiger partial charge in [0.2, 0.25) is 5.91 Å². The Kier molecular flexibility index (Phi) is 10.6. The van der Waals surface area contributed by atoms with Crippen LogP contribution in [0.2, 0.25) is 0 Å². The molecule has 0 saturated carbocycles. The van der Waals surface area contributed by atoms with E-state index in [1.807, 2.05) is 0 Å². The fourth-order valence-corrected chi connectivity index (χ4v) is 3.15. The van der Waals surface area contributed by atoms with Crippen LogP contribution in [0.1, 0.15) is 84.5 Å². The van der Waals surface area contributed by atoms with Gasteiger partial charge in [-0.2, -0.15) is 0 Å². The summed E-state index contributed by atoms with van der Waals surface area (Å²) in [7, 11) is 0. The molecule has 0 spiro atoms. The van der Waals surface area contributed by atoms with E-state index in [9.17, 15) is 4.79 Å². The van der Waals surface area contributed by atoms with E-state index in [0.717, 1.165) is 19.5 Å². The van der Waals surface area contributed by atoms with E-state index in [0.29, 0.717) is 18.4 Å². The van der Waals surface area contributed by atoms with Crippen molar-refractivity contribution in [3.63, 3.8) is 0 Å². The molecule has 1 amide bonds. The summed E-state index contributed by atoms with van der Waals surface area (Å²) in [6.45, 7) is 6.43. The number of nitrogens with one attached hydrogen (secondary N) is 2. The van der Waals surface area contributed by atoms with Gasteiger partial charge in [0, 0.05) is 19.0 Å². The molecular weight excluding hydrogens is 260 g/mol. The van der Waals surface area contributed by atoms with Gasteiger partial charge in [-0.3, -0.25) is 4.79 Å². The summed E-state index contributed by atoms with van der Waals surface area (Å²) in [5.74, 6) is 0.858. The van der Waals surface area contributed by atoms with E-state index in [1.165, 1.54) is 57.8 Å². The molecule has 1 heterocycles. The molecule has 124 valence electrons. The van der Waals surface area contributed by atoms with E-state index < -0.39 is 0 Å². The number of carbonyl (C=O) groups is 1. The van der Waals surface area contributed by atoms with Crippen molar-refractivity contribution in [1.82, 2.24) is 10.6 Å². The summed E-state index contributed by atoms with van der Waals surface area (Å²) < 4.78 is 0. The van der Waals surface area contributed by atoms with Gasteiger partial charge in [0.15, 0.2) is 0 Å². The zero-order valence-corrected chi connectivity index (χ0v) is 14.3. The number of piperidine rings is 1. The standard InChI is InChI=1S/C18H36N2O/c1-3-4-5-6-7-8-9-10-13-20-18(21)15-17-16(2)12-11-14-19-17/h16-17,19H,3-15H2,1-2H3,(H,20,21). The SMILES string of the molecule is CCCCCCCCCCNC(=O)CC1NCCCC1C. The largest absolute Gasteiger partial charge is 0.356 e. The van der Waals surface area contributed by atoms with Crippen molar-refractivity contribution in [1.29, 1.82) is 0 Å². The fraction of sp³-hybridized carbons (Fsp3) is 0.944. The van der Waals surface area contributed by atoms with Gasteiger partial charge >= 0.3 is 0 Å². The van der Waals surface area contributed by atoms with Gasteiger partial charge in [0.1, 0.15) is 0 Å². The molecule has 1 fully saturated rings. The molecule has 1 aliphatic rings. The molecular formula is C18H36N2O. The van der Waals surface area contributed by atoms with Crippen molar-refractivity contribution in [3.05, 3.63) is 0 Å². The molecule has 21 heavy (non-hydrogen) atoms. The van der Waals surface area contributed by atoms with E-state index in [4.69, 9.17) is 0 Å². The number of rotatable bonds is 11. The number of carbonyl (C=O) groups excluding carboxylic acids is 1. The second kappa shape index (κ2) is 12.0. The third-order valence-corrected chi connectivity index (χ3v) is 4.69. The lowest BCUT2D eigenvalue weighted by Gasteiger charge is -2.29. The molecule has 1 aliphatic heterocycles. The summed E-state index contributed by atoms with van der Waals surface area (Å²) in [6.07, 6.45) is 13.7. The summed E-state index contributed by atoms with van der Waals surface area (Å²) in [5.41, 5.74) is 0. The Morgan fingerprint density at radius 1 is 1.10 bits per heavy atom. The van der Waals surface area contributed by atoms with Crippen LogP contribution >= 0.6 is 0 Å². The van der Waals surface area contributed by atoms with Crippen LogP contribution in [0, 0.1) is 5.92 Å². The van der Waals surface area contributed by atoms with Crippen LogP contribution in [0.25, 0.3) is 0 Å². The molecule has 0 aliphatic carbocycles. The Morgan fingerprint density at radius 2 is 1.76 bits per heavy atom. The van der Waals surface area contributed by atoms with Crippen molar-refractivity contribution < 1.29 is 4.79 Å². The normalized spacial score (nSPS) is 22.2. The monoisotopic (exact) mass is 296 g/mol. The lowest BCUT2D eigenvalue weighted by atomic mass is 9.90. The molecule has 1 saturated heterocycles. The highest BCUT2D eigenvalue weighted by molar-refractivity contribution is 5.76. The molecule has 2 atom stereocenters. The maximum absolute atomic E-state index is 11.9. The number of amides is 1. The lowest BCUT2D eigenvalue weighted by Crippen LogP contribution is -2.43. The van der Waals surface area contributed by atoms with Gasteiger partial charge in [0.25, 0.3) is 0 Å². The van der Waals surface area contributed by atoms with Crippen molar-refractivity contribution in [2.45, 2.75) is 90.5 Å². The van der Waals surface area contributed by atoms with Crippen molar-refractivity contribution >= 4 is 5.91 Å². The molecule has 0 radical (unpaired) electrons. The maximum atomic E-state index is 11.9. The van der Waals surface area contributed by atoms with Crippen molar-refractivity contribution in [2.75, 3.05) is 13.1 Å². The van der Waals surface area contributed by atoms with Crippen LogP contribution in [0.4, 0.5) is 0 Å². The molecule has 3 heteroatoms. The van der Waals surface area contributed by atoms with Gasteiger partial charge in [-0.1, -0.05) is 58.8 Å². The van der Waals surface area contributed by atoms with E-state index >= 15 is 0 Å². The smallest absolute Gasteiger partial charge is 0.221 e. The van der Waals surface area contributed by atoms with E-state index in [-0.39, 0.29) is 5.91 Å². The topological polar surface area (TPSA) is 41.1 Å². The summed E-state index contributed by atoms with van der Waals surface area (Å²) in [6, 6.07) is 0.386. The minimum atomic E-state index is 0.226. The molecule has 0 aromatic rings. The first kappa shape index (κ1) is 18.5. The fourth-order valence-electron chi connectivity index (χ4n) is 3.15. The van der Waals surface area contributed by atoms with Crippen LogP contribution in [0.5, 0.6) is 0 Å². The number of hydrogen-bond donors (Lipinski definition) is 2. The average Bonchev–Trinajstić information content (AvgIpc) is 2.48. The molecule has 0 aromatic heterocycles. The number of hydrogen-bond acceptors (Lipinski definition) is 2. The third kappa shape index (κ3) is 9.13.